The first-order valence-electron chi connectivity index (χ1n) is 5.88. The van der Waals surface area contributed by atoms with Crippen LogP contribution in [0.3, 0.4) is 0 Å². The molecule has 0 atom stereocenters. The summed E-state index contributed by atoms with van der Waals surface area (Å²) in [7, 11) is 0. The highest BCUT2D eigenvalue weighted by Gasteiger charge is 2.26. The largest absolute Gasteiger partial charge is 0.478 e. The minimum atomic E-state index is -1.29. The average Bonchev–Trinajstić information content (AvgIpc) is 2.62. The summed E-state index contributed by atoms with van der Waals surface area (Å²) in [5.74, 6) is -1.53. The molecule has 106 valence electrons. The van der Waals surface area contributed by atoms with Crippen molar-refractivity contribution in [2.75, 3.05) is 24.5 Å². The second-order valence-corrected chi connectivity index (χ2v) is 4.25. The van der Waals surface area contributed by atoms with Crippen molar-refractivity contribution in [2.45, 2.75) is 6.42 Å². The molecule has 0 radical (unpaired) electrons. The van der Waals surface area contributed by atoms with Gasteiger partial charge in [0.15, 0.2) is 0 Å². The number of carbonyl (C=O) groups excluding carboxylic acids is 1. The number of carbonyl (C=O) groups is 2. The van der Waals surface area contributed by atoms with Crippen molar-refractivity contribution in [3.63, 3.8) is 0 Å². The van der Waals surface area contributed by atoms with Crippen LogP contribution in [-0.2, 0) is 4.79 Å². The molecule has 0 saturated carbocycles. The maximum Gasteiger partial charge on any atom is 0.337 e. The summed E-state index contributed by atoms with van der Waals surface area (Å²) in [4.78, 5) is 38.0. The van der Waals surface area contributed by atoms with E-state index in [1.807, 2.05) is 0 Å². The van der Waals surface area contributed by atoms with Crippen LogP contribution >= 0.6 is 0 Å². The zero-order valence-electron chi connectivity index (χ0n) is 10.4. The van der Waals surface area contributed by atoms with Crippen LogP contribution in [0.5, 0.6) is 0 Å². The first-order valence-corrected chi connectivity index (χ1v) is 5.88. The molecule has 1 aromatic rings. The second kappa shape index (κ2) is 5.51. The number of hydrogen-bond donors (Lipinski definition) is 2. The molecule has 9 heteroatoms. The normalized spacial score (nSPS) is 15.4. The van der Waals surface area contributed by atoms with E-state index in [1.165, 1.54) is 4.90 Å². The number of nitrogens with zero attached hydrogens (tertiary/aromatic N) is 3. The Morgan fingerprint density at radius 2 is 2.30 bits per heavy atom. The summed E-state index contributed by atoms with van der Waals surface area (Å²) in [5.41, 5.74) is -0.681. The molecule has 1 amide bonds. The molecular weight excluding hydrogens is 268 g/mol. The molecule has 0 unspecified atom stereocenters. The van der Waals surface area contributed by atoms with Gasteiger partial charge in [-0.15, -0.1) is 0 Å². The minimum Gasteiger partial charge on any atom is -0.478 e. The molecule has 9 nitrogen and oxygen atoms in total. The number of nitro groups is 1. The lowest BCUT2D eigenvalue weighted by molar-refractivity contribution is -0.384. The topological polar surface area (TPSA) is 126 Å². The average molecular weight is 280 g/mol. The lowest BCUT2D eigenvalue weighted by atomic mass is 10.2. The van der Waals surface area contributed by atoms with Crippen LogP contribution in [-0.4, -0.2) is 46.5 Å². The highest BCUT2D eigenvalue weighted by molar-refractivity contribution is 5.89. The summed E-state index contributed by atoms with van der Waals surface area (Å²) in [6.07, 6.45) is 1.68. The molecule has 1 aliphatic rings. The zero-order chi connectivity index (χ0) is 14.7. The number of rotatable bonds is 3. The Balaban J connectivity index is 2.41. The number of amides is 1. The third-order valence-electron chi connectivity index (χ3n) is 2.85. The van der Waals surface area contributed by atoms with Gasteiger partial charge in [0.05, 0.1) is 17.0 Å². The Morgan fingerprint density at radius 1 is 1.55 bits per heavy atom. The molecule has 2 rings (SSSR count). The smallest absolute Gasteiger partial charge is 0.337 e. The fraction of sp³-hybridized carbons (Fsp3) is 0.364. The number of carboxylic acid groups (broad SMARTS) is 1. The Labute approximate surface area is 113 Å². The van der Waals surface area contributed by atoms with Crippen molar-refractivity contribution in [2.24, 2.45) is 0 Å². The number of nitrogens with one attached hydrogen (secondary N) is 1. The van der Waals surface area contributed by atoms with Crippen LogP contribution in [0.15, 0.2) is 12.3 Å². The van der Waals surface area contributed by atoms with E-state index < -0.39 is 16.6 Å². The number of aromatic carboxylic acids is 1. The molecule has 0 spiro atoms. The monoisotopic (exact) mass is 280 g/mol. The Kier molecular flexibility index (Phi) is 3.78. The van der Waals surface area contributed by atoms with E-state index in [0.717, 1.165) is 12.3 Å². The van der Waals surface area contributed by atoms with Crippen LogP contribution in [0.1, 0.15) is 16.8 Å². The molecular formula is C11H12N4O5. The van der Waals surface area contributed by atoms with Gasteiger partial charge in [-0.05, 0) is 6.42 Å². The predicted octanol–water partition coefficient (Wildman–Crippen LogP) is 0.0143. The van der Waals surface area contributed by atoms with Gasteiger partial charge in [-0.3, -0.25) is 14.9 Å². The van der Waals surface area contributed by atoms with Gasteiger partial charge in [0.2, 0.25) is 11.7 Å². The van der Waals surface area contributed by atoms with Gasteiger partial charge in [-0.2, -0.15) is 0 Å². The molecule has 1 fully saturated rings. The molecule has 1 aromatic heterocycles. The molecule has 1 aliphatic heterocycles. The van der Waals surface area contributed by atoms with Gasteiger partial charge in [0.1, 0.15) is 0 Å². The van der Waals surface area contributed by atoms with Crippen molar-refractivity contribution in [3.05, 3.63) is 27.9 Å². The maximum absolute atomic E-state index is 11.5. The van der Waals surface area contributed by atoms with Crippen LogP contribution in [0.2, 0.25) is 0 Å². The maximum atomic E-state index is 11.5. The highest BCUT2D eigenvalue weighted by Crippen LogP contribution is 2.27. The molecule has 0 bridgehead atoms. The summed E-state index contributed by atoms with van der Waals surface area (Å²) in [6, 6.07) is 0.952. The number of anilines is 1. The van der Waals surface area contributed by atoms with Crippen LogP contribution in [0.25, 0.3) is 0 Å². The first kappa shape index (κ1) is 13.7. The van der Waals surface area contributed by atoms with Gasteiger partial charge in [0, 0.05) is 25.4 Å². The summed E-state index contributed by atoms with van der Waals surface area (Å²) < 4.78 is 0. The van der Waals surface area contributed by atoms with E-state index in [4.69, 9.17) is 5.11 Å². The highest BCUT2D eigenvalue weighted by atomic mass is 16.6. The third kappa shape index (κ3) is 2.82. The fourth-order valence-electron chi connectivity index (χ4n) is 1.93. The van der Waals surface area contributed by atoms with Gasteiger partial charge < -0.3 is 15.3 Å². The molecule has 2 heterocycles. The fourth-order valence-corrected chi connectivity index (χ4v) is 1.93. The lowest BCUT2D eigenvalue weighted by Crippen LogP contribution is -2.34. The van der Waals surface area contributed by atoms with Crippen molar-refractivity contribution in [1.82, 2.24) is 10.3 Å². The zero-order valence-corrected chi connectivity index (χ0v) is 10.4. The minimum absolute atomic E-state index is 0.0112. The van der Waals surface area contributed by atoms with Crippen LogP contribution < -0.4 is 10.2 Å². The van der Waals surface area contributed by atoms with Crippen molar-refractivity contribution in [3.8, 4) is 0 Å². The molecule has 20 heavy (non-hydrogen) atoms. The Morgan fingerprint density at radius 3 is 2.95 bits per heavy atom. The molecule has 2 N–H and O–H groups in total. The Hall–Kier alpha value is -2.71. The first-order chi connectivity index (χ1) is 9.49. The van der Waals surface area contributed by atoms with E-state index in [2.05, 4.69) is 10.3 Å². The van der Waals surface area contributed by atoms with Crippen molar-refractivity contribution in [1.29, 1.82) is 0 Å². The van der Waals surface area contributed by atoms with Crippen molar-refractivity contribution >= 4 is 23.4 Å². The number of pyridine rings is 1. The van der Waals surface area contributed by atoms with E-state index in [1.54, 1.807) is 0 Å². The summed E-state index contributed by atoms with van der Waals surface area (Å²) in [5, 5.41) is 22.5. The van der Waals surface area contributed by atoms with Gasteiger partial charge in [-0.25, -0.2) is 9.78 Å². The van der Waals surface area contributed by atoms with E-state index in [9.17, 15) is 19.7 Å². The van der Waals surface area contributed by atoms with Crippen molar-refractivity contribution < 1.29 is 19.6 Å². The number of carboxylic acids is 1. The van der Waals surface area contributed by atoms with Gasteiger partial charge >= 0.3 is 11.7 Å². The van der Waals surface area contributed by atoms with E-state index in [-0.39, 0.29) is 23.8 Å². The quantitative estimate of drug-likeness (QED) is 0.590. The van der Waals surface area contributed by atoms with E-state index >= 15 is 0 Å². The van der Waals surface area contributed by atoms with Gasteiger partial charge in [0.25, 0.3) is 0 Å². The number of hydrogen-bond acceptors (Lipinski definition) is 6. The third-order valence-corrected chi connectivity index (χ3v) is 2.85. The molecule has 1 saturated heterocycles. The predicted molar refractivity (Wildman–Crippen MR) is 67.7 cm³/mol. The molecule has 0 aliphatic carbocycles. The van der Waals surface area contributed by atoms with Crippen LogP contribution in [0, 0.1) is 10.1 Å². The second-order valence-electron chi connectivity index (χ2n) is 4.25. The standard InChI is InChI=1S/C11H12N4O5/c16-9-6-14(3-1-2-12-9)10-8(15(19)20)4-7(5-13-10)11(17)18/h4-5H,1-3,6H2,(H,12,16)(H,17,18). The Bertz CT molecular complexity index is 574. The lowest BCUT2D eigenvalue weighted by Gasteiger charge is -2.19. The summed E-state index contributed by atoms with van der Waals surface area (Å²) in [6.45, 7) is 0.885. The molecule has 0 aromatic carbocycles. The van der Waals surface area contributed by atoms with Crippen LogP contribution in [0.4, 0.5) is 11.5 Å². The summed E-state index contributed by atoms with van der Waals surface area (Å²) >= 11 is 0. The van der Waals surface area contributed by atoms with E-state index in [0.29, 0.717) is 19.5 Å². The van der Waals surface area contributed by atoms with Gasteiger partial charge in [-0.1, -0.05) is 0 Å². The number of aromatic nitrogens is 1. The SMILES string of the molecule is O=C1CN(c2ncc(C(=O)O)cc2[N+](=O)[O-])CCCN1.